The largest absolute Gasteiger partial charge is 0.424 e. The number of fused-ring (bicyclic) bond motifs is 1. The predicted octanol–water partition coefficient (Wildman–Crippen LogP) is 2.60. The summed E-state index contributed by atoms with van der Waals surface area (Å²) in [4.78, 5) is 11.2. The van der Waals surface area contributed by atoms with Crippen molar-refractivity contribution in [2.75, 3.05) is 0 Å². The van der Waals surface area contributed by atoms with Crippen LogP contribution in [-0.4, -0.2) is 10.4 Å². The second-order valence-electron chi connectivity index (χ2n) is 4.20. The van der Waals surface area contributed by atoms with Gasteiger partial charge < -0.3 is 9.14 Å². The molecule has 0 fully saturated rings. The molecule has 98 valence electrons. The Morgan fingerprint density at radius 2 is 2.05 bits per heavy atom. The number of nitriles is 2. The molecule has 0 saturated heterocycles. The lowest BCUT2D eigenvalue weighted by atomic mass is 10.2. The van der Waals surface area contributed by atoms with Crippen LogP contribution in [-0.2, 0) is 4.79 Å². The van der Waals surface area contributed by atoms with E-state index in [0.29, 0.717) is 11.4 Å². The minimum atomic E-state index is -0.455. The lowest BCUT2D eigenvalue weighted by molar-refractivity contribution is -0.131. The van der Waals surface area contributed by atoms with Gasteiger partial charge in [0.05, 0.1) is 5.69 Å². The first-order valence-corrected chi connectivity index (χ1v) is 5.88. The number of allylic oxidation sites excluding steroid dienone is 1. The quantitative estimate of drug-likeness (QED) is 0.617. The molecule has 0 bridgehead atoms. The van der Waals surface area contributed by atoms with Gasteiger partial charge in [0.25, 0.3) is 0 Å². The van der Waals surface area contributed by atoms with E-state index >= 15 is 0 Å². The highest BCUT2D eigenvalue weighted by Gasteiger charge is 2.13. The Morgan fingerprint density at radius 1 is 1.35 bits per heavy atom. The molecule has 20 heavy (non-hydrogen) atoms. The summed E-state index contributed by atoms with van der Waals surface area (Å²) in [5.41, 5.74) is 2.18. The molecule has 0 spiro atoms. The monoisotopic (exact) mass is 265 g/mol. The highest BCUT2D eigenvalue weighted by atomic mass is 16.5. The highest BCUT2D eigenvalue weighted by molar-refractivity contribution is 5.76. The van der Waals surface area contributed by atoms with E-state index in [2.05, 4.69) is 0 Å². The van der Waals surface area contributed by atoms with Crippen LogP contribution in [0.15, 0.2) is 29.8 Å². The minimum absolute atomic E-state index is 0.0540. The van der Waals surface area contributed by atoms with E-state index in [-0.39, 0.29) is 5.57 Å². The van der Waals surface area contributed by atoms with Crippen molar-refractivity contribution in [2.24, 2.45) is 0 Å². The van der Waals surface area contributed by atoms with Gasteiger partial charge in [0.1, 0.15) is 17.7 Å². The molecular formula is C15H11N3O2. The number of esters is 1. The topological polar surface area (TPSA) is 78.3 Å². The zero-order valence-corrected chi connectivity index (χ0v) is 11.0. The molecule has 0 amide bonds. The molecule has 0 unspecified atom stereocenters. The summed E-state index contributed by atoms with van der Waals surface area (Å²) in [5.74, 6) is -0.126. The van der Waals surface area contributed by atoms with E-state index in [1.54, 1.807) is 18.2 Å². The lowest BCUT2D eigenvalue weighted by Gasteiger charge is -2.04. The van der Waals surface area contributed by atoms with Crippen molar-refractivity contribution in [1.29, 1.82) is 10.5 Å². The van der Waals surface area contributed by atoms with Crippen molar-refractivity contribution in [3.8, 4) is 17.9 Å². The van der Waals surface area contributed by atoms with Gasteiger partial charge in [-0.25, -0.2) is 0 Å². The molecule has 0 saturated carbocycles. The molecule has 5 heteroatoms. The first kappa shape index (κ1) is 13.4. The highest BCUT2D eigenvalue weighted by Crippen LogP contribution is 2.28. The maximum Gasteiger partial charge on any atom is 0.308 e. The lowest BCUT2D eigenvalue weighted by Crippen LogP contribution is -2.02. The molecule has 2 aromatic rings. The number of rotatable bonds is 2. The number of carbonyl (C=O) groups is 1. The Bertz CT molecular complexity index is 785. The standard InChI is InChI=1S/C15H11N3O2/c1-10-4-3-5-13-7-15(20-11(2)19)14(18(10)13)6-12(8-16)9-17/h3-7H,1-2H3. The van der Waals surface area contributed by atoms with E-state index in [4.69, 9.17) is 15.3 Å². The van der Waals surface area contributed by atoms with Gasteiger partial charge in [-0.1, -0.05) is 6.07 Å². The molecule has 0 N–H and O–H groups in total. The van der Waals surface area contributed by atoms with Crippen LogP contribution in [0, 0.1) is 29.6 Å². The Hall–Kier alpha value is -3.05. The molecule has 0 aliphatic heterocycles. The van der Waals surface area contributed by atoms with E-state index in [9.17, 15) is 4.79 Å². The number of ether oxygens (including phenoxy) is 1. The van der Waals surface area contributed by atoms with Gasteiger partial charge in [-0.2, -0.15) is 10.5 Å². The average Bonchev–Trinajstić information content (AvgIpc) is 2.74. The average molecular weight is 265 g/mol. The van der Waals surface area contributed by atoms with Gasteiger partial charge in [-0.15, -0.1) is 0 Å². The predicted molar refractivity (Wildman–Crippen MR) is 72.6 cm³/mol. The zero-order chi connectivity index (χ0) is 14.7. The summed E-state index contributed by atoms with van der Waals surface area (Å²) < 4.78 is 6.98. The van der Waals surface area contributed by atoms with Crippen LogP contribution in [0.2, 0.25) is 0 Å². The van der Waals surface area contributed by atoms with Gasteiger partial charge in [0.15, 0.2) is 5.75 Å². The Labute approximate surface area is 115 Å². The molecule has 0 aromatic carbocycles. The second-order valence-corrected chi connectivity index (χ2v) is 4.20. The molecule has 2 heterocycles. The van der Waals surface area contributed by atoms with Crippen LogP contribution in [0.25, 0.3) is 11.6 Å². The van der Waals surface area contributed by atoms with Crippen molar-refractivity contribution >= 4 is 17.6 Å². The number of aromatic nitrogens is 1. The first-order valence-electron chi connectivity index (χ1n) is 5.88. The number of pyridine rings is 1. The summed E-state index contributed by atoms with van der Waals surface area (Å²) in [6, 6.07) is 10.9. The number of nitrogens with zero attached hydrogens (tertiary/aromatic N) is 3. The fraction of sp³-hybridized carbons (Fsp3) is 0.133. The molecule has 0 aliphatic carbocycles. The van der Waals surface area contributed by atoms with Crippen molar-refractivity contribution < 1.29 is 9.53 Å². The van der Waals surface area contributed by atoms with Gasteiger partial charge in [0, 0.05) is 24.2 Å². The third-order valence-corrected chi connectivity index (χ3v) is 2.76. The number of hydrogen-bond donors (Lipinski definition) is 0. The summed E-state index contributed by atoms with van der Waals surface area (Å²) in [5, 5.41) is 17.8. The fourth-order valence-electron chi connectivity index (χ4n) is 2.00. The zero-order valence-electron chi connectivity index (χ0n) is 11.0. The third-order valence-electron chi connectivity index (χ3n) is 2.76. The molecule has 2 aromatic heterocycles. The number of aryl methyl sites for hydroxylation is 1. The first-order chi connectivity index (χ1) is 9.56. The maximum atomic E-state index is 11.2. The summed E-state index contributed by atoms with van der Waals surface area (Å²) in [6.07, 6.45) is 1.41. The van der Waals surface area contributed by atoms with Crippen LogP contribution in [0.1, 0.15) is 18.3 Å². The van der Waals surface area contributed by atoms with Gasteiger partial charge in [-0.05, 0) is 25.1 Å². The van der Waals surface area contributed by atoms with Crippen LogP contribution in [0.3, 0.4) is 0 Å². The smallest absolute Gasteiger partial charge is 0.308 e. The Balaban J connectivity index is 2.77. The normalized spacial score (nSPS) is 9.60. The second kappa shape index (κ2) is 5.29. The summed E-state index contributed by atoms with van der Waals surface area (Å²) in [6.45, 7) is 3.19. The molecule has 0 radical (unpaired) electrons. The van der Waals surface area contributed by atoms with Crippen molar-refractivity contribution in [2.45, 2.75) is 13.8 Å². The summed E-state index contributed by atoms with van der Waals surface area (Å²) >= 11 is 0. The van der Waals surface area contributed by atoms with Crippen LogP contribution >= 0.6 is 0 Å². The third kappa shape index (κ3) is 2.38. The van der Waals surface area contributed by atoms with Crippen molar-refractivity contribution in [3.63, 3.8) is 0 Å². The van der Waals surface area contributed by atoms with Crippen molar-refractivity contribution in [3.05, 3.63) is 41.2 Å². The van der Waals surface area contributed by atoms with E-state index in [0.717, 1.165) is 11.2 Å². The molecule has 0 atom stereocenters. The van der Waals surface area contributed by atoms with Gasteiger partial charge >= 0.3 is 5.97 Å². The molecule has 2 rings (SSSR count). The number of carbonyl (C=O) groups excluding carboxylic acids is 1. The van der Waals surface area contributed by atoms with E-state index in [1.165, 1.54) is 13.0 Å². The van der Waals surface area contributed by atoms with Crippen LogP contribution < -0.4 is 4.74 Å². The Morgan fingerprint density at radius 3 is 2.65 bits per heavy atom. The molecule has 0 aliphatic rings. The fourth-order valence-corrected chi connectivity index (χ4v) is 2.00. The molecule has 5 nitrogen and oxygen atoms in total. The van der Waals surface area contributed by atoms with Crippen molar-refractivity contribution in [1.82, 2.24) is 4.40 Å². The van der Waals surface area contributed by atoms with E-state index < -0.39 is 5.97 Å². The minimum Gasteiger partial charge on any atom is -0.424 e. The summed E-state index contributed by atoms with van der Waals surface area (Å²) in [7, 11) is 0. The SMILES string of the molecule is CC(=O)Oc1cc2cccc(C)n2c1C=C(C#N)C#N. The van der Waals surface area contributed by atoms with Gasteiger partial charge in [0.2, 0.25) is 0 Å². The Kier molecular flexibility index (Phi) is 3.54. The van der Waals surface area contributed by atoms with Crippen LogP contribution in [0.5, 0.6) is 5.75 Å². The molecular weight excluding hydrogens is 254 g/mol. The maximum absolute atomic E-state index is 11.2. The van der Waals surface area contributed by atoms with E-state index in [1.807, 2.05) is 29.5 Å². The van der Waals surface area contributed by atoms with Crippen LogP contribution in [0.4, 0.5) is 0 Å². The van der Waals surface area contributed by atoms with Gasteiger partial charge in [-0.3, -0.25) is 4.79 Å². The number of hydrogen-bond acceptors (Lipinski definition) is 4.